The first kappa shape index (κ1) is 11.2. The predicted molar refractivity (Wildman–Crippen MR) is 68.2 cm³/mol. The van der Waals surface area contributed by atoms with E-state index in [1.165, 1.54) is 0 Å². The number of phenolic OH excluding ortho intramolecular Hbond substituents is 2. The Morgan fingerprint density at radius 3 is 2.41 bits per heavy atom. The molecule has 2 aromatic carbocycles. The Morgan fingerprint density at radius 1 is 1.00 bits per heavy atom. The van der Waals surface area contributed by atoms with Crippen molar-refractivity contribution in [2.24, 2.45) is 4.99 Å². The molecule has 17 heavy (non-hydrogen) atoms. The minimum atomic E-state index is 0.207. The summed E-state index contributed by atoms with van der Waals surface area (Å²) in [6.07, 6.45) is 1.61. The Morgan fingerprint density at radius 2 is 1.71 bits per heavy atom. The van der Waals surface area contributed by atoms with E-state index in [9.17, 15) is 5.11 Å². The van der Waals surface area contributed by atoms with E-state index in [-0.39, 0.29) is 11.5 Å². The number of nitrogens with zero attached hydrogens (tertiary/aromatic N) is 1. The standard InChI is InChI=1S/C14H13NO2/c1-10-2-7-14(17)11(8-10)9-15-12-3-5-13(16)6-4-12/h2-9,16-17H,1H3. The molecule has 3 heteroatoms. The number of hydrogen-bond donors (Lipinski definition) is 2. The fraction of sp³-hybridized carbons (Fsp3) is 0.0714. The zero-order valence-corrected chi connectivity index (χ0v) is 9.46. The van der Waals surface area contributed by atoms with Gasteiger partial charge in [-0.3, -0.25) is 4.99 Å². The molecule has 0 bridgehead atoms. The topological polar surface area (TPSA) is 52.8 Å². The summed E-state index contributed by atoms with van der Waals surface area (Å²) in [7, 11) is 0. The van der Waals surface area contributed by atoms with Crippen LogP contribution in [0.25, 0.3) is 0 Å². The first-order valence-corrected chi connectivity index (χ1v) is 5.28. The Balaban J connectivity index is 2.25. The molecule has 2 aromatic rings. The zero-order valence-electron chi connectivity index (χ0n) is 9.46. The van der Waals surface area contributed by atoms with Crippen LogP contribution in [0, 0.1) is 6.92 Å². The Bertz CT molecular complexity index is 545. The number of aryl methyl sites for hydroxylation is 1. The molecule has 0 heterocycles. The van der Waals surface area contributed by atoms with Crippen LogP contribution in [0.4, 0.5) is 5.69 Å². The molecule has 2 N–H and O–H groups in total. The van der Waals surface area contributed by atoms with E-state index in [0.717, 1.165) is 11.3 Å². The molecule has 0 radical (unpaired) electrons. The molecule has 0 aliphatic heterocycles. The van der Waals surface area contributed by atoms with E-state index in [4.69, 9.17) is 5.11 Å². The van der Waals surface area contributed by atoms with Gasteiger partial charge in [0.1, 0.15) is 11.5 Å². The molecule has 0 unspecified atom stereocenters. The maximum Gasteiger partial charge on any atom is 0.124 e. The molecule has 0 aliphatic rings. The van der Waals surface area contributed by atoms with Crippen molar-refractivity contribution in [1.82, 2.24) is 0 Å². The van der Waals surface area contributed by atoms with Gasteiger partial charge in [0.05, 0.1) is 5.69 Å². The van der Waals surface area contributed by atoms with Crippen molar-refractivity contribution in [3.05, 3.63) is 53.6 Å². The number of aliphatic imine (C=N–C) groups is 1. The maximum atomic E-state index is 9.63. The van der Waals surface area contributed by atoms with Gasteiger partial charge in [0.25, 0.3) is 0 Å². The van der Waals surface area contributed by atoms with Crippen molar-refractivity contribution in [2.75, 3.05) is 0 Å². The third kappa shape index (κ3) is 2.84. The number of hydrogen-bond acceptors (Lipinski definition) is 3. The summed E-state index contributed by atoms with van der Waals surface area (Å²) in [6.45, 7) is 1.96. The normalized spacial score (nSPS) is 10.9. The lowest BCUT2D eigenvalue weighted by molar-refractivity contribution is 0.474. The quantitative estimate of drug-likeness (QED) is 0.774. The molecule has 0 fully saturated rings. The summed E-state index contributed by atoms with van der Waals surface area (Å²) in [5, 5.41) is 18.8. The van der Waals surface area contributed by atoms with Crippen molar-refractivity contribution >= 4 is 11.9 Å². The molecule has 86 valence electrons. The van der Waals surface area contributed by atoms with Gasteiger partial charge in [0.2, 0.25) is 0 Å². The van der Waals surface area contributed by atoms with Crippen LogP contribution < -0.4 is 0 Å². The summed E-state index contributed by atoms with van der Waals surface area (Å²) >= 11 is 0. The van der Waals surface area contributed by atoms with Gasteiger partial charge in [0.15, 0.2) is 0 Å². The molecule has 0 atom stereocenters. The molecule has 0 saturated heterocycles. The van der Waals surface area contributed by atoms with Crippen molar-refractivity contribution < 1.29 is 10.2 Å². The predicted octanol–water partition coefficient (Wildman–Crippen LogP) is 3.16. The maximum absolute atomic E-state index is 9.63. The van der Waals surface area contributed by atoms with E-state index >= 15 is 0 Å². The second-order valence-electron chi connectivity index (χ2n) is 3.84. The van der Waals surface area contributed by atoms with Crippen molar-refractivity contribution in [3.63, 3.8) is 0 Å². The van der Waals surface area contributed by atoms with E-state index in [0.29, 0.717) is 5.56 Å². The number of rotatable bonds is 2. The number of aromatic hydroxyl groups is 2. The Hall–Kier alpha value is -2.29. The molecule has 0 amide bonds. The number of phenols is 2. The van der Waals surface area contributed by atoms with Gasteiger partial charge in [-0.2, -0.15) is 0 Å². The fourth-order valence-corrected chi connectivity index (χ4v) is 1.46. The first-order valence-electron chi connectivity index (χ1n) is 5.28. The Labute approximate surface area is 99.7 Å². The molecule has 0 saturated carbocycles. The van der Waals surface area contributed by atoms with Crippen LogP contribution in [0.2, 0.25) is 0 Å². The zero-order chi connectivity index (χ0) is 12.3. The van der Waals surface area contributed by atoms with Gasteiger partial charge in [-0.25, -0.2) is 0 Å². The molecule has 0 aromatic heterocycles. The second-order valence-corrected chi connectivity index (χ2v) is 3.84. The van der Waals surface area contributed by atoms with Crippen LogP contribution in [0.5, 0.6) is 11.5 Å². The van der Waals surface area contributed by atoms with Gasteiger partial charge in [-0.15, -0.1) is 0 Å². The van der Waals surface area contributed by atoms with E-state index in [1.54, 1.807) is 36.5 Å². The third-order valence-corrected chi connectivity index (χ3v) is 2.39. The van der Waals surface area contributed by atoms with E-state index in [2.05, 4.69) is 4.99 Å². The van der Waals surface area contributed by atoms with E-state index in [1.807, 2.05) is 19.1 Å². The molecule has 0 aliphatic carbocycles. The minimum Gasteiger partial charge on any atom is -0.508 e. The van der Waals surface area contributed by atoms with Crippen LogP contribution in [0.15, 0.2) is 47.5 Å². The van der Waals surface area contributed by atoms with Crippen LogP contribution >= 0.6 is 0 Å². The van der Waals surface area contributed by atoms with Gasteiger partial charge in [-0.05, 0) is 43.3 Å². The molecule has 2 rings (SSSR count). The van der Waals surface area contributed by atoms with Gasteiger partial charge < -0.3 is 10.2 Å². The molecule has 3 nitrogen and oxygen atoms in total. The van der Waals surface area contributed by atoms with Crippen molar-refractivity contribution in [3.8, 4) is 11.5 Å². The van der Waals surface area contributed by atoms with E-state index < -0.39 is 0 Å². The van der Waals surface area contributed by atoms with Crippen LogP contribution in [-0.4, -0.2) is 16.4 Å². The average molecular weight is 227 g/mol. The fourth-order valence-electron chi connectivity index (χ4n) is 1.46. The lowest BCUT2D eigenvalue weighted by atomic mass is 10.1. The summed E-state index contributed by atoms with van der Waals surface area (Å²) in [5.41, 5.74) is 2.47. The summed E-state index contributed by atoms with van der Waals surface area (Å²) in [6, 6.07) is 11.9. The molecular weight excluding hydrogens is 214 g/mol. The first-order chi connectivity index (χ1) is 8.15. The van der Waals surface area contributed by atoms with Crippen molar-refractivity contribution in [1.29, 1.82) is 0 Å². The van der Waals surface area contributed by atoms with Crippen molar-refractivity contribution in [2.45, 2.75) is 6.92 Å². The van der Waals surface area contributed by atoms with Gasteiger partial charge in [0, 0.05) is 11.8 Å². The minimum absolute atomic E-state index is 0.207. The summed E-state index contributed by atoms with van der Waals surface area (Å²) in [4.78, 5) is 4.22. The van der Waals surface area contributed by atoms with Crippen LogP contribution in [0.1, 0.15) is 11.1 Å². The highest BCUT2D eigenvalue weighted by molar-refractivity contribution is 5.85. The van der Waals surface area contributed by atoms with Crippen LogP contribution in [0.3, 0.4) is 0 Å². The largest absolute Gasteiger partial charge is 0.508 e. The smallest absolute Gasteiger partial charge is 0.124 e. The molecule has 0 spiro atoms. The average Bonchev–Trinajstić information content (AvgIpc) is 2.32. The third-order valence-electron chi connectivity index (χ3n) is 2.39. The SMILES string of the molecule is Cc1ccc(O)c(C=Nc2ccc(O)cc2)c1. The van der Waals surface area contributed by atoms with Crippen LogP contribution in [-0.2, 0) is 0 Å². The lowest BCUT2D eigenvalue weighted by Crippen LogP contribution is -1.83. The highest BCUT2D eigenvalue weighted by Gasteiger charge is 1.97. The van der Waals surface area contributed by atoms with Gasteiger partial charge >= 0.3 is 0 Å². The summed E-state index contributed by atoms with van der Waals surface area (Å²) in [5.74, 6) is 0.417. The highest BCUT2D eigenvalue weighted by Crippen LogP contribution is 2.19. The summed E-state index contributed by atoms with van der Waals surface area (Å²) < 4.78 is 0. The second kappa shape index (κ2) is 4.70. The Kier molecular flexibility index (Phi) is 3.10. The van der Waals surface area contributed by atoms with Gasteiger partial charge in [-0.1, -0.05) is 11.6 Å². The molecular formula is C14H13NO2. The number of benzene rings is 2. The lowest BCUT2D eigenvalue weighted by Gasteiger charge is -2.00. The highest BCUT2D eigenvalue weighted by atomic mass is 16.3. The monoisotopic (exact) mass is 227 g/mol.